The van der Waals surface area contributed by atoms with Gasteiger partial charge in [0.05, 0.1) is 23.1 Å². The Morgan fingerprint density at radius 2 is 1.97 bits per heavy atom. The first-order valence-corrected chi connectivity index (χ1v) is 12.6. The second-order valence-electron chi connectivity index (χ2n) is 8.70. The summed E-state index contributed by atoms with van der Waals surface area (Å²) in [7, 11) is 0. The lowest BCUT2D eigenvalue weighted by Crippen LogP contribution is -2.15. The number of fused-ring (bicyclic) bond motifs is 1. The number of likely N-dealkylation sites (N-methyl/N-ethyl adjacent to an activating group) is 1. The van der Waals surface area contributed by atoms with Crippen LogP contribution in [0.1, 0.15) is 43.3 Å². The molecule has 0 spiro atoms. The highest BCUT2D eigenvalue weighted by Crippen LogP contribution is 2.33. The first-order valence-electron chi connectivity index (χ1n) is 12.6. The van der Waals surface area contributed by atoms with Crippen LogP contribution in [0, 0.1) is 6.92 Å². The van der Waals surface area contributed by atoms with Gasteiger partial charge in [-0.05, 0) is 79.9 Å². The smallest absolute Gasteiger partial charge is 0.116 e. The molecule has 0 bridgehead atoms. The molecule has 6 nitrogen and oxygen atoms in total. The van der Waals surface area contributed by atoms with Gasteiger partial charge in [0.1, 0.15) is 5.69 Å². The Kier molecular flexibility index (Phi) is 8.44. The van der Waals surface area contributed by atoms with Gasteiger partial charge >= 0.3 is 0 Å². The van der Waals surface area contributed by atoms with E-state index in [9.17, 15) is 0 Å². The fraction of sp³-hybridized carbons (Fsp3) is 0.194. The average Bonchev–Trinajstić information content (AvgIpc) is 3.52. The number of nitrogens with one attached hydrogen (secondary N) is 3. The zero-order valence-electron chi connectivity index (χ0n) is 22.0. The molecule has 3 N–H and O–H groups in total. The minimum absolute atomic E-state index is 0.765. The van der Waals surface area contributed by atoms with Crippen molar-refractivity contribution in [1.29, 1.82) is 0 Å². The van der Waals surface area contributed by atoms with E-state index < -0.39 is 0 Å². The minimum atomic E-state index is 0.765. The van der Waals surface area contributed by atoms with E-state index in [1.165, 1.54) is 0 Å². The highest BCUT2D eigenvalue weighted by Gasteiger charge is 2.17. The number of H-pyrrole nitrogens is 2. The topological polar surface area (TPSA) is 82.3 Å². The number of hydrogen-bond acceptors (Lipinski definition) is 4. The van der Waals surface area contributed by atoms with Gasteiger partial charge in [0, 0.05) is 35.6 Å². The van der Waals surface area contributed by atoms with Gasteiger partial charge in [-0.2, -0.15) is 5.10 Å². The van der Waals surface area contributed by atoms with Gasteiger partial charge in [-0.3, -0.25) is 15.1 Å². The Labute approximate surface area is 218 Å². The summed E-state index contributed by atoms with van der Waals surface area (Å²) in [5.74, 6) is 0. The van der Waals surface area contributed by atoms with E-state index in [2.05, 4.69) is 82.3 Å². The Bertz CT molecular complexity index is 1500. The second kappa shape index (κ2) is 12.1. The zero-order valence-corrected chi connectivity index (χ0v) is 22.0. The lowest BCUT2D eigenvalue weighted by Gasteiger charge is -2.07. The lowest BCUT2D eigenvalue weighted by molar-refractivity contribution is 0.785. The van der Waals surface area contributed by atoms with Crippen LogP contribution in [0.3, 0.4) is 0 Å². The van der Waals surface area contributed by atoms with Crippen LogP contribution < -0.4 is 5.32 Å². The monoisotopic (exact) mass is 490 g/mol. The molecule has 37 heavy (non-hydrogen) atoms. The SMILES string of the molecule is C=C/C(=C\C(=C/C)c1cc2c(-c3cc(/C(=C\C=C/C)c4ccncc4)c(C)[nH]3)n[nH]c2cn1)CNCC. The van der Waals surface area contributed by atoms with Gasteiger partial charge in [-0.1, -0.05) is 43.9 Å². The minimum Gasteiger partial charge on any atom is -0.357 e. The van der Waals surface area contributed by atoms with E-state index in [0.29, 0.717) is 0 Å². The Morgan fingerprint density at radius 3 is 2.68 bits per heavy atom. The van der Waals surface area contributed by atoms with Crippen LogP contribution in [0.2, 0.25) is 0 Å². The first kappa shape index (κ1) is 25.8. The van der Waals surface area contributed by atoms with Crippen LogP contribution in [0.5, 0.6) is 0 Å². The molecular weight excluding hydrogens is 456 g/mol. The summed E-state index contributed by atoms with van der Waals surface area (Å²) in [6.07, 6.45) is 17.8. The van der Waals surface area contributed by atoms with E-state index in [-0.39, 0.29) is 0 Å². The average molecular weight is 491 g/mol. The maximum atomic E-state index is 4.71. The van der Waals surface area contributed by atoms with Crippen LogP contribution in [0.25, 0.3) is 33.4 Å². The van der Waals surface area contributed by atoms with Gasteiger partial charge < -0.3 is 10.3 Å². The molecule has 0 aliphatic rings. The van der Waals surface area contributed by atoms with E-state index >= 15 is 0 Å². The molecule has 4 aromatic heterocycles. The third-order valence-electron chi connectivity index (χ3n) is 6.24. The normalized spacial score (nSPS) is 13.1. The van der Waals surface area contributed by atoms with E-state index in [0.717, 1.165) is 74.6 Å². The molecule has 4 heterocycles. The highest BCUT2D eigenvalue weighted by molar-refractivity contribution is 5.95. The van der Waals surface area contributed by atoms with E-state index in [4.69, 9.17) is 4.98 Å². The molecule has 0 saturated heterocycles. The van der Waals surface area contributed by atoms with Crippen molar-refractivity contribution < 1.29 is 0 Å². The van der Waals surface area contributed by atoms with Gasteiger partial charge in [-0.25, -0.2) is 0 Å². The van der Waals surface area contributed by atoms with Crippen molar-refractivity contribution in [2.75, 3.05) is 13.1 Å². The van der Waals surface area contributed by atoms with Gasteiger partial charge in [0.25, 0.3) is 0 Å². The molecular formula is C31H34N6. The Balaban J connectivity index is 1.77. The number of aryl methyl sites for hydroxylation is 1. The Hall–Kier alpha value is -4.29. The largest absolute Gasteiger partial charge is 0.357 e. The predicted molar refractivity (Wildman–Crippen MR) is 155 cm³/mol. The van der Waals surface area contributed by atoms with Gasteiger partial charge in [-0.15, -0.1) is 0 Å². The number of rotatable bonds is 10. The molecule has 6 heteroatoms. The molecule has 4 rings (SSSR count). The van der Waals surface area contributed by atoms with Crippen LogP contribution in [0.4, 0.5) is 0 Å². The Morgan fingerprint density at radius 1 is 1.16 bits per heavy atom. The second-order valence-corrected chi connectivity index (χ2v) is 8.70. The van der Waals surface area contributed by atoms with Crippen LogP contribution in [-0.4, -0.2) is 38.2 Å². The first-order chi connectivity index (χ1) is 18.1. The molecule has 0 fully saturated rings. The van der Waals surface area contributed by atoms with Crippen LogP contribution >= 0.6 is 0 Å². The number of aromatic amines is 2. The number of aromatic nitrogens is 5. The van der Waals surface area contributed by atoms with Crippen LogP contribution in [-0.2, 0) is 0 Å². The standard InChI is InChI=1S/C31H34N6/c1-6-10-11-25(24-12-14-33-15-13-24)26-17-29(35-21(26)5)31-27-18-28(34-20-30(27)36-37-31)23(8-3)16-22(7-2)19-32-9-4/h6-8,10-18,20,32,35H,2,9,19H2,1,3-5H3,(H,36,37)/b10-6-,22-16+,23-8+,25-11-. The summed E-state index contributed by atoms with van der Waals surface area (Å²) in [5.41, 5.74) is 10.2. The quantitative estimate of drug-likeness (QED) is 0.214. The summed E-state index contributed by atoms with van der Waals surface area (Å²) >= 11 is 0. The molecule has 0 atom stereocenters. The van der Waals surface area contributed by atoms with Crippen molar-refractivity contribution in [3.8, 4) is 11.4 Å². The maximum absolute atomic E-state index is 4.71. The molecule has 0 aliphatic carbocycles. The van der Waals surface area contributed by atoms with Crippen LogP contribution in [0.15, 0.2) is 91.5 Å². The van der Waals surface area contributed by atoms with Gasteiger partial charge in [0.15, 0.2) is 0 Å². The molecule has 0 radical (unpaired) electrons. The summed E-state index contributed by atoms with van der Waals surface area (Å²) in [5, 5.41) is 12.2. The van der Waals surface area contributed by atoms with E-state index in [1.807, 2.05) is 56.7 Å². The summed E-state index contributed by atoms with van der Waals surface area (Å²) < 4.78 is 0. The molecule has 188 valence electrons. The molecule has 0 saturated carbocycles. The molecule has 0 unspecified atom stereocenters. The van der Waals surface area contributed by atoms with Gasteiger partial charge in [0.2, 0.25) is 0 Å². The summed E-state index contributed by atoms with van der Waals surface area (Å²) in [6, 6.07) is 8.33. The lowest BCUT2D eigenvalue weighted by atomic mass is 9.98. The third-order valence-corrected chi connectivity index (χ3v) is 6.24. The maximum Gasteiger partial charge on any atom is 0.116 e. The van der Waals surface area contributed by atoms with Crippen molar-refractivity contribution in [3.05, 3.63) is 114 Å². The molecule has 0 amide bonds. The molecule has 0 aliphatic heterocycles. The van der Waals surface area contributed by atoms with Crippen molar-refractivity contribution >= 4 is 22.0 Å². The molecule has 4 aromatic rings. The molecule has 0 aromatic carbocycles. The van der Waals surface area contributed by atoms with E-state index in [1.54, 1.807) is 0 Å². The highest BCUT2D eigenvalue weighted by atomic mass is 15.1. The zero-order chi connectivity index (χ0) is 26.2. The third kappa shape index (κ3) is 5.76. The van der Waals surface area contributed by atoms with Crippen molar-refractivity contribution in [1.82, 2.24) is 30.5 Å². The number of allylic oxidation sites excluding steroid dienone is 6. The predicted octanol–water partition coefficient (Wildman–Crippen LogP) is 6.79. The number of hydrogen-bond donors (Lipinski definition) is 3. The number of nitrogens with zero attached hydrogens (tertiary/aromatic N) is 3. The van der Waals surface area contributed by atoms with Crippen molar-refractivity contribution in [2.24, 2.45) is 0 Å². The number of pyridine rings is 2. The summed E-state index contributed by atoms with van der Waals surface area (Å²) in [6.45, 7) is 13.9. The summed E-state index contributed by atoms with van der Waals surface area (Å²) in [4.78, 5) is 12.4. The van der Waals surface area contributed by atoms with Crippen molar-refractivity contribution in [2.45, 2.75) is 27.7 Å². The fourth-order valence-corrected chi connectivity index (χ4v) is 4.27. The van der Waals surface area contributed by atoms with Crippen molar-refractivity contribution in [3.63, 3.8) is 0 Å². The fourth-order valence-electron chi connectivity index (χ4n) is 4.27.